The minimum atomic E-state index is -4.15. The Morgan fingerprint density at radius 1 is 0.696 bits per heavy atom. The third-order valence-electron chi connectivity index (χ3n) is 3.13. The molecule has 0 radical (unpaired) electrons. The lowest BCUT2D eigenvalue weighted by Gasteiger charge is -2.17. The number of benzene rings is 2. The molecular formula is C16H12N2O4S. The normalized spacial score (nSPS) is 13.2. The summed E-state index contributed by atoms with van der Waals surface area (Å²) in [5, 5.41) is -2.99. The summed E-state index contributed by atoms with van der Waals surface area (Å²) in [4.78, 5) is 28.2. The van der Waals surface area contributed by atoms with Crippen LogP contribution in [0.4, 0.5) is 0 Å². The van der Waals surface area contributed by atoms with E-state index in [0.717, 1.165) is 0 Å². The Bertz CT molecular complexity index is 786. The minimum absolute atomic E-state index is 0.290. The highest BCUT2D eigenvalue weighted by atomic mass is 32.2. The monoisotopic (exact) mass is 328 g/mol. The average Bonchev–Trinajstić information content (AvgIpc) is 2.58. The van der Waals surface area contributed by atoms with E-state index in [1.54, 1.807) is 36.4 Å². The molecule has 0 amide bonds. The molecular weight excluding hydrogens is 316 g/mol. The van der Waals surface area contributed by atoms with Crippen LogP contribution in [0.5, 0.6) is 0 Å². The molecule has 6 nitrogen and oxygen atoms in total. The summed E-state index contributed by atoms with van der Waals surface area (Å²) < 4.78 is 25.7. The van der Waals surface area contributed by atoms with Crippen LogP contribution in [0.15, 0.2) is 70.6 Å². The third-order valence-corrected chi connectivity index (χ3v) is 5.13. The first-order chi connectivity index (χ1) is 11.1. The second-order valence-electron chi connectivity index (χ2n) is 4.56. The van der Waals surface area contributed by atoms with Crippen LogP contribution in [-0.2, 0) is 19.4 Å². The molecule has 116 valence electrons. The molecule has 0 saturated carbocycles. The average molecular weight is 328 g/mol. The van der Waals surface area contributed by atoms with E-state index in [1.807, 2.05) is 0 Å². The van der Waals surface area contributed by atoms with Crippen LogP contribution in [-0.4, -0.2) is 20.6 Å². The first kappa shape index (κ1) is 16.5. The SMILES string of the molecule is O=C=NC(c1ccccc1)S(=O)(=O)C(N=C=O)c1ccccc1. The zero-order valence-corrected chi connectivity index (χ0v) is 12.7. The van der Waals surface area contributed by atoms with Crippen molar-refractivity contribution in [3.05, 3.63) is 71.8 Å². The van der Waals surface area contributed by atoms with Gasteiger partial charge in [-0.3, -0.25) is 0 Å². The van der Waals surface area contributed by atoms with Gasteiger partial charge in [-0.25, -0.2) is 18.0 Å². The minimum Gasteiger partial charge on any atom is -0.224 e. The molecule has 0 aliphatic carbocycles. The van der Waals surface area contributed by atoms with E-state index in [4.69, 9.17) is 0 Å². The highest BCUT2D eigenvalue weighted by Crippen LogP contribution is 2.35. The quantitative estimate of drug-likeness (QED) is 0.601. The fraction of sp³-hybridized carbons (Fsp3) is 0.125. The van der Waals surface area contributed by atoms with Crippen molar-refractivity contribution in [2.45, 2.75) is 10.7 Å². The maximum Gasteiger partial charge on any atom is 0.236 e. The van der Waals surface area contributed by atoms with Crippen molar-refractivity contribution in [2.24, 2.45) is 9.98 Å². The number of nitrogens with zero attached hydrogens (tertiary/aromatic N) is 2. The zero-order valence-electron chi connectivity index (χ0n) is 11.9. The summed E-state index contributed by atoms with van der Waals surface area (Å²) in [5.41, 5.74) is 0.579. The fourth-order valence-corrected chi connectivity index (χ4v) is 3.83. The smallest absolute Gasteiger partial charge is 0.224 e. The Morgan fingerprint density at radius 2 is 1.04 bits per heavy atom. The first-order valence-corrected chi connectivity index (χ1v) is 8.18. The van der Waals surface area contributed by atoms with E-state index in [1.165, 1.54) is 36.4 Å². The van der Waals surface area contributed by atoms with Gasteiger partial charge in [0.05, 0.1) is 0 Å². The molecule has 2 unspecified atom stereocenters. The van der Waals surface area contributed by atoms with Crippen LogP contribution in [0.1, 0.15) is 21.9 Å². The molecule has 2 aromatic rings. The van der Waals surface area contributed by atoms with Crippen molar-refractivity contribution in [1.82, 2.24) is 0 Å². The van der Waals surface area contributed by atoms with Gasteiger partial charge in [0.1, 0.15) is 0 Å². The van der Waals surface area contributed by atoms with Crippen molar-refractivity contribution in [3.8, 4) is 0 Å². The standard InChI is InChI=1S/C16H12N2O4S/c19-11-17-15(13-7-3-1-4-8-13)23(21,22)16(18-12-20)14-9-5-2-6-10-14/h1-10,15-16H. The summed E-state index contributed by atoms with van der Waals surface area (Å²) >= 11 is 0. The second-order valence-corrected chi connectivity index (χ2v) is 6.63. The first-order valence-electron chi connectivity index (χ1n) is 6.58. The maximum atomic E-state index is 12.9. The van der Waals surface area contributed by atoms with E-state index in [-0.39, 0.29) is 11.1 Å². The lowest BCUT2D eigenvalue weighted by Crippen LogP contribution is -2.19. The summed E-state index contributed by atoms with van der Waals surface area (Å²) in [7, 11) is -4.15. The molecule has 0 fully saturated rings. The van der Waals surface area contributed by atoms with Crippen LogP contribution in [0.25, 0.3) is 0 Å². The summed E-state index contributed by atoms with van der Waals surface area (Å²) in [6.07, 6.45) is 2.55. The Kier molecular flexibility index (Phi) is 5.33. The van der Waals surface area contributed by atoms with Gasteiger partial charge in [-0.2, -0.15) is 9.98 Å². The fourth-order valence-electron chi connectivity index (χ4n) is 2.13. The molecule has 0 N–H and O–H groups in total. The van der Waals surface area contributed by atoms with Crippen molar-refractivity contribution >= 4 is 22.0 Å². The van der Waals surface area contributed by atoms with Crippen molar-refractivity contribution < 1.29 is 18.0 Å². The molecule has 0 aliphatic rings. The Hall–Kier alpha value is -2.85. The molecule has 7 heteroatoms. The van der Waals surface area contributed by atoms with E-state index in [9.17, 15) is 18.0 Å². The van der Waals surface area contributed by atoms with E-state index in [0.29, 0.717) is 0 Å². The highest BCUT2D eigenvalue weighted by molar-refractivity contribution is 7.91. The number of aliphatic imine (C=N–C) groups is 2. The Labute approximate surface area is 133 Å². The van der Waals surface area contributed by atoms with E-state index in [2.05, 4.69) is 9.98 Å². The molecule has 0 heterocycles. The van der Waals surface area contributed by atoms with Gasteiger partial charge in [0.15, 0.2) is 10.7 Å². The number of isocyanates is 2. The van der Waals surface area contributed by atoms with Crippen molar-refractivity contribution in [2.75, 3.05) is 0 Å². The highest BCUT2D eigenvalue weighted by Gasteiger charge is 2.36. The van der Waals surface area contributed by atoms with Crippen LogP contribution in [0.2, 0.25) is 0 Å². The zero-order chi connectivity index (χ0) is 16.7. The molecule has 2 aromatic carbocycles. The van der Waals surface area contributed by atoms with Gasteiger partial charge in [-0.05, 0) is 11.1 Å². The molecule has 0 saturated heterocycles. The molecule has 0 aliphatic heterocycles. The Morgan fingerprint density at radius 3 is 1.35 bits per heavy atom. The van der Waals surface area contributed by atoms with Crippen LogP contribution in [0.3, 0.4) is 0 Å². The largest absolute Gasteiger partial charge is 0.236 e. The van der Waals surface area contributed by atoms with Gasteiger partial charge in [0, 0.05) is 0 Å². The van der Waals surface area contributed by atoms with Gasteiger partial charge in [-0.15, -0.1) is 0 Å². The molecule has 0 spiro atoms. The van der Waals surface area contributed by atoms with Gasteiger partial charge in [-0.1, -0.05) is 60.7 Å². The van der Waals surface area contributed by atoms with Gasteiger partial charge in [0.25, 0.3) is 0 Å². The molecule has 23 heavy (non-hydrogen) atoms. The number of hydrogen-bond acceptors (Lipinski definition) is 6. The van der Waals surface area contributed by atoms with Gasteiger partial charge in [0.2, 0.25) is 22.0 Å². The van der Waals surface area contributed by atoms with E-state index < -0.39 is 20.6 Å². The van der Waals surface area contributed by atoms with Crippen molar-refractivity contribution in [3.63, 3.8) is 0 Å². The van der Waals surface area contributed by atoms with E-state index >= 15 is 0 Å². The van der Waals surface area contributed by atoms with Gasteiger partial charge < -0.3 is 0 Å². The predicted octanol–water partition coefficient (Wildman–Crippen LogP) is 2.47. The summed E-state index contributed by atoms with van der Waals surface area (Å²) in [5.74, 6) is 0. The van der Waals surface area contributed by atoms with Crippen LogP contribution < -0.4 is 0 Å². The molecule has 0 bridgehead atoms. The predicted molar refractivity (Wildman–Crippen MR) is 83.5 cm³/mol. The van der Waals surface area contributed by atoms with Crippen molar-refractivity contribution in [1.29, 1.82) is 0 Å². The molecule has 2 rings (SSSR count). The molecule has 2 atom stereocenters. The summed E-state index contributed by atoms with van der Waals surface area (Å²) in [6, 6.07) is 16.0. The number of sulfone groups is 1. The second kappa shape index (κ2) is 7.42. The van der Waals surface area contributed by atoms with Crippen LogP contribution in [0, 0.1) is 0 Å². The van der Waals surface area contributed by atoms with Crippen LogP contribution >= 0.6 is 0 Å². The number of hydrogen-bond donors (Lipinski definition) is 0. The number of rotatable bonds is 6. The number of carbonyl (C=O) groups excluding carboxylic acids is 2. The lowest BCUT2D eigenvalue weighted by atomic mass is 10.2. The van der Waals surface area contributed by atoms with Gasteiger partial charge >= 0.3 is 0 Å². The maximum absolute atomic E-state index is 12.9. The Balaban J connectivity index is 2.59. The topological polar surface area (TPSA) is 93.0 Å². The third kappa shape index (κ3) is 3.67. The summed E-state index contributed by atoms with van der Waals surface area (Å²) in [6.45, 7) is 0. The molecule has 0 aromatic heterocycles. The lowest BCUT2D eigenvalue weighted by molar-refractivity contribution is 0.549.